The third-order valence-corrected chi connectivity index (χ3v) is 2.86. The van der Waals surface area contributed by atoms with Crippen LogP contribution in [-0.4, -0.2) is 6.54 Å². The summed E-state index contributed by atoms with van der Waals surface area (Å²) in [6, 6.07) is 3.53. The van der Waals surface area contributed by atoms with E-state index in [1.165, 1.54) is 0 Å². The second kappa shape index (κ2) is 6.46. The van der Waals surface area contributed by atoms with E-state index in [1.807, 2.05) is 13.8 Å². The van der Waals surface area contributed by atoms with Crippen molar-refractivity contribution in [3.8, 4) is 6.07 Å². The van der Waals surface area contributed by atoms with Gasteiger partial charge in [-0.05, 0) is 26.7 Å². The molecule has 0 saturated heterocycles. The van der Waals surface area contributed by atoms with Gasteiger partial charge >= 0.3 is 0 Å². The highest BCUT2D eigenvalue weighted by atomic mass is 19.2. The van der Waals surface area contributed by atoms with Gasteiger partial charge < -0.3 is 5.32 Å². The smallest absolute Gasteiger partial charge is 0.161 e. The minimum Gasteiger partial charge on any atom is -0.383 e. The summed E-state index contributed by atoms with van der Waals surface area (Å²) in [5, 5.41) is 11.5. The van der Waals surface area contributed by atoms with Crippen LogP contribution in [0.25, 0.3) is 0 Å². The Labute approximate surface area is 111 Å². The Morgan fingerprint density at radius 3 is 2.37 bits per heavy atom. The molecule has 0 fully saturated rings. The summed E-state index contributed by atoms with van der Waals surface area (Å²) >= 11 is 0. The van der Waals surface area contributed by atoms with Gasteiger partial charge in [0, 0.05) is 18.7 Å². The minimum atomic E-state index is -1.20. The number of unbranched alkanes of at least 4 members (excludes halogenated alkanes) is 1. The molecule has 0 aliphatic carbocycles. The lowest BCUT2D eigenvalue weighted by molar-refractivity contribution is 0.430. The zero-order valence-electron chi connectivity index (χ0n) is 11.1. The fourth-order valence-corrected chi connectivity index (χ4v) is 1.63. The van der Waals surface area contributed by atoms with Crippen LogP contribution < -0.4 is 5.32 Å². The number of nitrogens with one attached hydrogen (secondary N) is 1. The molecule has 1 rings (SSSR count). The zero-order chi connectivity index (χ0) is 14.5. The molecule has 0 amide bonds. The first-order valence-electron chi connectivity index (χ1n) is 6.15. The lowest BCUT2D eigenvalue weighted by Crippen LogP contribution is -2.09. The van der Waals surface area contributed by atoms with Crippen molar-refractivity contribution >= 4 is 5.69 Å². The molecule has 2 nitrogen and oxygen atoms in total. The van der Waals surface area contributed by atoms with E-state index in [0.717, 1.165) is 25.3 Å². The van der Waals surface area contributed by atoms with Crippen LogP contribution in [0.15, 0.2) is 12.1 Å². The van der Waals surface area contributed by atoms with Crippen molar-refractivity contribution in [2.45, 2.75) is 33.1 Å². The summed E-state index contributed by atoms with van der Waals surface area (Å²) in [5.41, 5.74) is -0.411. The van der Waals surface area contributed by atoms with E-state index >= 15 is 0 Å². The topological polar surface area (TPSA) is 35.8 Å². The molecule has 0 atom stereocenters. The van der Waals surface area contributed by atoms with Gasteiger partial charge in [0.05, 0.1) is 17.2 Å². The quantitative estimate of drug-likeness (QED) is 0.620. The molecule has 0 saturated carbocycles. The van der Waals surface area contributed by atoms with Crippen molar-refractivity contribution in [2.75, 3.05) is 11.9 Å². The Kier molecular flexibility index (Phi) is 5.22. The maximum absolute atomic E-state index is 13.3. The second-order valence-electron chi connectivity index (χ2n) is 5.13. The van der Waals surface area contributed by atoms with Crippen LogP contribution in [0.1, 0.15) is 33.1 Å². The van der Waals surface area contributed by atoms with E-state index in [-0.39, 0.29) is 11.1 Å². The number of hydrogen-bond donors (Lipinski definition) is 1. The summed E-state index contributed by atoms with van der Waals surface area (Å²) in [4.78, 5) is 0. The van der Waals surface area contributed by atoms with E-state index in [4.69, 9.17) is 5.26 Å². The Morgan fingerprint density at radius 2 is 1.74 bits per heavy atom. The van der Waals surface area contributed by atoms with Crippen molar-refractivity contribution in [1.29, 1.82) is 5.26 Å². The lowest BCUT2D eigenvalue weighted by Gasteiger charge is -2.14. The van der Waals surface area contributed by atoms with E-state index in [9.17, 15) is 13.2 Å². The number of rotatable bonds is 6. The van der Waals surface area contributed by atoms with Crippen LogP contribution >= 0.6 is 0 Å². The predicted molar refractivity (Wildman–Crippen MR) is 68.1 cm³/mol. The largest absolute Gasteiger partial charge is 0.383 e. The Morgan fingerprint density at radius 1 is 1.11 bits per heavy atom. The van der Waals surface area contributed by atoms with Crippen molar-refractivity contribution in [2.24, 2.45) is 5.41 Å². The van der Waals surface area contributed by atoms with Gasteiger partial charge in [-0.1, -0.05) is 6.42 Å². The Bertz CT molecular complexity index is 478. The highest BCUT2D eigenvalue weighted by Gasteiger charge is 2.15. The number of nitrogens with zero attached hydrogens (tertiary/aromatic N) is 1. The second-order valence-corrected chi connectivity index (χ2v) is 5.13. The number of halogens is 3. The van der Waals surface area contributed by atoms with Crippen LogP contribution in [0.2, 0.25) is 0 Å². The van der Waals surface area contributed by atoms with Crippen molar-refractivity contribution in [3.05, 3.63) is 29.6 Å². The van der Waals surface area contributed by atoms with Crippen molar-refractivity contribution in [1.82, 2.24) is 0 Å². The van der Waals surface area contributed by atoms with Gasteiger partial charge in [-0.25, -0.2) is 13.2 Å². The van der Waals surface area contributed by atoms with Crippen LogP contribution in [0.5, 0.6) is 0 Å². The van der Waals surface area contributed by atoms with Crippen LogP contribution in [-0.2, 0) is 0 Å². The Balaban J connectivity index is 2.39. The first-order chi connectivity index (χ1) is 8.85. The molecule has 0 unspecified atom stereocenters. The molecular formula is C14H17F3N2. The molecule has 0 bridgehead atoms. The molecule has 0 spiro atoms. The third kappa shape index (κ3) is 4.82. The number of anilines is 1. The third-order valence-electron chi connectivity index (χ3n) is 2.86. The first-order valence-corrected chi connectivity index (χ1v) is 6.15. The minimum absolute atomic E-state index is 0.0431. The maximum Gasteiger partial charge on any atom is 0.161 e. The van der Waals surface area contributed by atoms with Gasteiger partial charge in [0.2, 0.25) is 0 Å². The average molecular weight is 270 g/mol. The zero-order valence-corrected chi connectivity index (χ0v) is 11.1. The molecule has 0 aliphatic rings. The highest BCUT2D eigenvalue weighted by molar-refractivity contribution is 5.45. The van der Waals surface area contributed by atoms with Crippen molar-refractivity contribution in [3.63, 3.8) is 0 Å². The van der Waals surface area contributed by atoms with Gasteiger partial charge in [0.1, 0.15) is 5.82 Å². The molecule has 0 radical (unpaired) electrons. The molecule has 0 aliphatic heterocycles. The number of nitriles is 1. The van der Waals surface area contributed by atoms with E-state index in [1.54, 1.807) is 0 Å². The average Bonchev–Trinajstić information content (AvgIpc) is 2.35. The first kappa shape index (κ1) is 15.4. The molecule has 1 aromatic rings. The number of benzene rings is 1. The number of hydrogen-bond acceptors (Lipinski definition) is 2. The summed E-state index contributed by atoms with van der Waals surface area (Å²) in [6.07, 6.45) is 2.27. The lowest BCUT2D eigenvalue weighted by atomic mass is 9.89. The van der Waals surface area contributed by atoms with Gasteiger partial charge in [-0.15, -0.1) is 0 Å². The van der Waals surface area contributed by atoms with Crippen LogP contribution in [0.4, 0.5) is 18.9 Å². The standard InChI is InChI=1S/C14H17F3N2/c1-14(2,9-18)5-3-4-6-19-13-8-11(16)10(15)7-12(13)17/h7-8,19H,3-6H2,1-2H3. The van der Waals surface area contributed by atoms with Gasteiger partial charge in [0.15, 0.2) is 11.6 Å². The molecule has 104 valence electrons. The monoisotopic (exact) mass is 270 g/mol. The molecule has 1 aromatic carbocycles. The van der Waals surface area contributed by atoms with Gasteiger partial charge in [-0.3, -0.25) is 0 Å². The van der Waals surface area contributed by atoms with E-state index in [2.05, 4.69) is 11.4 Å². The summed E-state index contributed by atoms with van der Waals surface area (Å²) in [7, 11) is 0. The molecule has 5 heteroatoms. The van der Waals surface area contributed by atoms with Gasteiger partial charge in [-0.2, -0.15) is 5.26 Å². The van der Waals surface area contributed by atoms with E-state index < -0.39 is 17.5 Å². The molecule has 19 heavy (non-hydrogen) atoms. The van der Waals surface area contributed by atoms with Crippen molar-refractivity contribution < 1.29 is 13.2 Å². The molecule has 1 N–H and O–H groups in total. The predicted octanol–water partition coefficient (Wildman–Crippen LogP) is 4.24. The summed E-state index contributed by atoms with van der Waals surface area (Å²) in [5.74, 6) is -3.08. The normalized spacial score (nSPS) is 11.2. The SMILES string of the molecule is CC(C)(C#N)CCCCNc1cc(F)c(F)cc1F. The van der Waals surface area contributed by atoms with E-state index in [0.29, 0.717) is 12.6 Å². The fraction of sp³-hybridized carbons (Fsp3) is 0.500. The molecule has 0 aromatic heterocycles. The fourth-order valence-electron chi connectivity index (χ4n) is 1.63. The van der Waals surface area contributed by atoms with Crippen LogP contribution in [0.3, 0.4) is 0 Å². The molecule has 0 heterocycles. The maximum atomic E-state index is 13.3. The van der Waals surface area contributed by atoms with Gasteiger partial charge in [0.25, 0.3) is 0 Å². The summed E-state index contributed by atoms with van der Waals surface area (Å²) in [6.45, 7) is 4.16. The Hall–Kier alpha value is -1.70. The molecular weight excluding hydrogens is 253 g/mol. The van der Waals surface area contributed by atoms with Crippen LogP contribution in [0, 0.1) is 34.2 Å². The highest BCUT2D eigenvalue weighted by Crippen LogP contribution is 2.22. The summed E-state index contributed by atoms with van der Waals surface area (Å²) < 4.78 is 38.9.